The molecule has 2 aromatic heterocycles. The maximum Gasteiger partial charge on any atom is 0.347 e. The summed E-state index contributed by atoms with van der Waals surface area (Å²) in [6, 6.07) is 1.52. The van der Waals surface area contributed by atoms with Gasteiger partial charge in [0.25, 0.3) is 5.91 Å². The lowest BCUT2D eigenvalue weighted by Gasteiger charge is -1.98. The van der Waals surface area contributed by atoms with Crippen LogP contribution in [0.2, 0.25) is 0 Å². The van der Waals surface area contributed by atoms with Crippen molar-refractivity contribution in [3.63, 3.8) is 0 Å². The molecule has 0 aromatic carbocycles. The Kier molecular flexibility index (Phi) is 3.61. The van der Waals surface area contributed by atoms with E-state index in [-0.39, 0.29) is 23.0 Å². The first kappa shape index (κ1) is 13.2. The average Bonchev–Trinajstić information content (AvgIpc) is 2.92. The number of amides is 1. The average molecular weight is 281 g/mol. The third kappa shape index (κ3) is 2.97. The van der Waals surface area contributed by atoms with Gasteiger partial charge in [0.2, 0.25) is 0 Å². The van der Waals surface area contributed by atoms with Gasteiger partial charge >= 0.3 is 5.97 Å². The number of aromatic nitrogens is 2. The van der Waals surface area contributed by atoms with Crippen LogP contribution in [0.5, 0.6) is 0 Å². The standard InChI is InChI=1S/C11H11N3O4S/c1-5-3-7(14-18-5)10(15)12-4-8-13-6(2)9(19-8)11(16)17/h3H,4H2,1-2H3,(H,12,15)(H,16,17). The number of nitrogens with zero attached hydrogens (tertiary/aromatic N) is 2. The van der Waals surface area contributed by atoms with Crippen molar-refractivity contribution in [2.45, 2.75) is 20.4 Å². The molecule has 0 saturated carbocycles. The molecule has 0 fully saturated rings. The summed E-state index contributed by atoms with van der Waals surface area (Å²) < 4.78 is 4.79. The van der Waals surface area contributed by atoms with Gasteiger partial charge in [0.15, 0.2) is 5.69 Å². The molecule has 0 unspecified atom stereocenters. The van der Waals surface area contributed by atoms with Crippen molar-refractivity contribution in [2.75, 3.05) is 0 Å². The zero-order chi connectivity index (χ0) is 14.0. The third-order valence-corrected chi connectivity index (χ3v) is 3.44. The second kappa shape index (κ2) is 5.19. The van der Waals surface area contributed by atoms with Crippen LogP contribution in [0.1, 0.15) is 36.6 Å². The van der Waals surface area contributed by atoms with E-state index in [1.54, 1.807) is 13.8 Å². The Morgan fingerprint density at radius 2 is 2.21 bits per heavy atom. The molecule has 0 spiro atoms. The normalized spacial score (nSPS) is 10.4. The van der Waals surface area contributed by atoms with Crippen LogP contribution in [0.4, 0.5) is 0 Å². The first-order valence-corrected chi connectivity index (χ1v) is 6.20. The summed E-state index contributed by atoms with van der Waals surface area (Å²) in [6.45, 7) is 3.46. The molecule has 0 atom stereocenters. The molecule has 0 aliphatic carbocycles. The van der Waals surface area contributed by atoms with E-state index in [0.717, 1.165) is 11.3 Å². The van der Waals surface area contributed by atoms with Gasteiger partial charge in [-0.25, -0.2) is 9.78 Å². The first-order valence-electron chi connectivity index (χ1n) is 5.38. The minimum atomic E-state index is -1.01. The Morgan fingerprint density at radius 3 is 2.74 bits per heavy atom. The maximum absolute atomic E-state index is 11.7. The first-order chi connectivity index (χ1) is 8.97. The number of hydrogen-bond donors (Lipinski definition) is 2. The molecule has 7 nitrogen and oxygen atoms in total. The smallest absolute Gasteiger partial charge is 0.347 e. The summed E-state index contributed by atoms with van der Waals surface area (Å²) in [6.07, 6.45) is 0. The fraction of sp³-hybridized carbons (Fsp3) is 0.273. The molecule has 2 heterocycles. The molecule has 19 heavy (non-hydrogen) atoms. The summed E-state index contributed by atoms with van der Waals surface area (Å²) >= 11 is 1.04. The number of thiazole rings is 1. The number of rotatable bonds is 4. The Hall–Kier alpha value is -2.22. The van der Waals surface area contributed by atoms with Crippen molar-refractivity contribution in [1.29, 1.82) is 0 Å². The molecule has 1 amide bonds. The van der Waals surface area contributed by atoms with Crippen LogP contribution >= 0.6 is 11.3 Å². The lowest BCUT2D eigenvalue weighted by molar-refractivity contribution is 0.0701. The van der Waals surface area contributed by atoms with Gasteiger partial charge in [-0.15, -0.1) is 11.3 Å². The van der Waals surface area contributed by atoms with Crippen molar-refractivity contribution in [1.82, 2.24) is 15.5 Å². The lowest BCUT2D eigenvalue weighted by atomic mass is 10.3. The number of aryl methyl sites for hydroxylation is 2. The van der Waals surface area contributed by atoms with Crippen LogP contribution in [0, 0.1) is 13.8 Å². The molecule has 0 saturated heterocycles. The quantitative estimate of drug-likeness (QED) is 0.877. The van der Waals surface area contributed by atoms with Crippen molar-refractivity contribution in [3.05, 3.63) is 33.1 Å². The van der Waals surface area contributed by atoms with Crippen LogP contribution < -0.4 is 5.32 Å². The van der Waals surface area contributed by atoms with Crippen LogP contribution in [0.25, 0.3) is 0 Å². The van der Waals surface area contributed by atoms with E-state index in [9.17, 15) is 9.59 Å². The second-order valence-electron chi connectivity index (χ2n) is 3.83. The molecule has 2 aromatic rings. The Balaban J connectivity index is 2.01. The highest BCUT2D eigenvalue weighted by Gasteiger charge is 2.15. The Labute approximate surface area is 112 Å². The van der Waals surface area contributed by atoms with Gasteiger partial charge in [0.05, 0.1) is 12.2 Å². The number of carboxylic acid groups (broad SMARTS) is 1. The van der Waals surface area contributed by atoms with Gasteiger partial charge in [0, 0.05) is 6.07 Å². The molecule has 0 aliphatic rings. The number of nitrogens with one attached hydrogen (secondary N) is 1. The predicted molar refractivity (Wildman–Crippen MR) is 66.2 cm³/mol. The minimum Gasteiger partial charge on any atom is -0.477 e. The number of carboxylic acids is 1. The van der Waals surface area contributed by atoms with Gasteiger partial charge in [-0.1, -0.05) is 5.16 Å². The monoisotopic (exact) mass is 281 g/mol. The molecular formula is C11H11N3O4S. The maximum atomic E-state index is 11.7. The van der Waals surface area contributed by atoms with Crippen LogP contribution in [0.15, 0.2) is 10.6 Å². The summed E-state index contributed by atoms with van der Waals surface area (Å²) in [4.78, 5) is 26.8. The minimum absolute atomic E-state index is 0.156. The molecule has 0 bridgehead atoms. The summed E-state index contributed by atoms with van der Waals surface area (Å²) in [5, 5.41) is 15.6. The van der Waals surface area contributed by atoms with E-state index < -0.39 is 5.97 Å². The molecule has 0 radical (unpaired) electrons. The number of carbonyl (C=O) groups is 2. The molecule has 2 rings (SSSR count). The Bertz CT molecular complexity index is 632. The van der Waals surface area contributed by atoms with Crippen molar-refractivity contribution in [2.24, 2.45) is 0 Å². The van der Waals surface area contributed by atoms with Gasteiger partial charge in [0.1, 0.15) is 15.6 Å². The predicted octanol–water partition coefficient (Wildman–Crippen LogP) is 1.38. The number of aromatic carboxylic acids is 1. The van der Waals surface area contributed by atoms with Gasteiger partial charge in [-0.05, 0) is 13.8 Å². The van der Waals surface area contributed by atoms with Crippen LogP contribution in [-0.2, 0) is 6.54 Å². The fourth-order valence-electron chi connectivity index (χ4n) is 1.45. The Morgan fingerprint density at radius 1 is 1.47 bits per heavy atom. The molecule has 2 N–H and O–H groups in total. The van der Waals surface area contributed by atoms with Crippen molar-refractivity contribution in [3.8, 4) is 0 Å². The largest absolute Gasteiger partial charge is 0.477 e. The van der Waals surface area contributed by atoms with Crippen molar-refractivity contribution >= 4 is 23.2 Å². The lowest BCUT2D eigenvalue weighted by Crippen LogP contribution is -2.22. The third-order valence-electron chi connectivity index (χ3n) is 2.30. The van der Waals surface area contributed by atoms with Gasteiger partial charge < -0.3 is 14.9 Å². The summed E-state index contributed by atoms with van der Waals surface area (Å²) in [5.41, 5.74) is 0.628. The van der Waals surface area contributed by atoms with Gasteiger partial charge in [-0.2, -0.15) is 0 Å². The van der Waals surface area contributed by atoms with Crippen LogP contribution in [0.3, 0.4) is 0 Å². The van der Waals surface area contributed by atoms with Crippen LogP contribution in [-0.4, -0.2) is 27.1 Å². The van der Waals surface area contributed by atoms with E-state index in [1.807, 2.05) is 0 Å². The molecule has 100 valence electrons. The van der Waals surface area contributed by atoms with E-state index in [1.165, 1.54) is 6.07 Å². The second-order valence-corrected chi connectivity index (χ2v) is 4.92. The topological polar surface area (TPSA) is 105 Å². The zero-order valence-corrected chi connectivity index (χ0v) is 11.1. The summed E-state index contributed by atoms with van der Waals surface area (Å²) in [5.74, 6) is -0.857. The van der Waals surface area contributed by atoms with E-state index >= 15 is 0 Å². The zero-order valence-electron chi connectivity index (χ0n) is 10.3. The van der Waals surface area contributed by atoms with E-state index in [0.29, 0.717) is 16.5 Å². The highest BCUT2D eigenvalue weighted by molar-refractivity contribution is 7.13. The van der Waals surface area contributed by atoms with E-state index in [4.69, 9.17) is 9.63 Å². The van der Waals surface area contributed by atoms with Gasteiger partial charge in [-0.3, -0.25) is 4.79 Å². The number of carbonyl (C=O) groups excluding carboxylic acids is 1. The molecule has 8 heteroatoms. The molecule has 0 aliphatic heterocycles. The highest BCUT2D eigenvalue weighted by atomic mass is 32.1. The summed E-state index contributed by atoms with van der Waals surface area (Å²) in [7, 11) is 0. The highest BCUT2D eigenvalue weighted by Crippen LogP contribution is 2.17. The SMILES string of the molecule is Cc1cc(C(=O)NCc2nc(C)c(C(=O)O)s2)no1. The number of hydrogen-bond acceptors (Lipinski definition) is 6. The fourth-order valence-corrected chi connectivity index (χ4v) is 2.29. The molecular weight excluding hydrogens is 270 g/mol. The van der Waals surface area contributed by atoms with E-state index in [2.05, 4.69) is 15.5 Å². The van der Waals surface area contributed by atoms with Crippen molar-refractivity contribution < 1.29 is 19.2 Å².